The van der Waals surface area contributed by atoms with Gasteiger partial charge >= 0.3 is 0 Å². The van der Waals surface area contributed by atoms with Crippen molar-refractivity contribution >= 4 is 11.7 Å². The number of nitrogens with one attached hydrogen (secondary N) is 1. The highest BCUT2D eigenvalue weighted by atomic mass is 19.1. The number of hydrogen-bond acceptors (Lipinski definition) is 3. The molecule has 2 heterocycles. The van der Waals surface area contributed by atoms with Crippen LogP contribution in [-0.4, -0.2) is 25.5 Å². The summed E-state index contributed by atoms with van der Waals surface area (Å²) in [6.07, 6.45) is 3.21. The Morgan fingerprint density at radius 1 is 1.30 bits per heavy atom. The van der Waals surface area contributed by atoms with Crippen molar-refractivity contribution in [1.82, 2.24) is 19.6 Å². The van der Waals surface area contributed by atoms with Gasteiger partial charge in [-0.3, -0.25) is 14.2 Å². The molecule has 23 heavy (non-hydrogen) atoms. The Labute approximate surface area is 132 Å². The summed E-state index contributed by atoms with van der Waals surface area (Å²) in [5, 5.41) is 11.0. The molecule has 0 atom stereocenters. The number of carbonyl (C=O) groups is 1. The first-order valence-electron chi connectivity index (χ1n) is 7.11. The lowest BCUT2D eigenvalue weighted by molar-refractivity contribution is 0.102. The normalized spacial score (nSPS) is 10.7. The van der Waals surface area contributed by atoms with E-state index >= 15 is 0 Å². The predicted octanol–water partition coefficient (Wildman–Crippen LogP) is 2.36. The monoisotopic (exact) mass is 313 g/mol. The molecule has 0 saturated heterocycles. The van der Waals surface area contributed by atoms with E-state index in [1.807, 2.05) is 6.92 Å². The molecule has 0 aliphatic carbocycles. The number of hydrogen-bond donors (Lipinski definition) is 1. The van der Waals surface area contributed by atoms with E-state index in [0.29, 0.717) is 23.5 Å². The maximum absolute atomic E-state index is 13.6. The van der Waals surface area contributed by atoms with Gasteiger partial charge in [-0.05, 0) is 13.0 Å². The van der Waals surface area contributed by atoms with Gasteiger partial charge in [-0.15, -0.1) is 0 Å². The summed E-state index contributed by atoms with van der Waals surface area (Å²) in [6, 6.07) is 8.20. The predicted molar refractivity (Wildman–Crippen MR) is 83.6 cm³/mol. The third kappa shape index (κ3) is 3.13. The van der Waals surface area contributed by atoms with Crippen LogP contribution in [0.1, 0.15) is 21.6 Å². The lowest BCUT2D eigenvalue weighted by Crippen LogP contribution is -2.14. The summed E-state index contributed by atoms with van der Waals surface area (Å²) < 4.78 is 16.8. The molecular formula is C16H16FN5O. The van der Waals surface area contributed by atoms with Gasteiger partial charge in [-0.25, -0.2) is 4.39 Å². The number of benzene rings is 1. The van der Waals surface area contributed by atoms with Crippen LogP contribution in [0.25, 0.3) is 0 Å². The van der Waals surface area contributed by atoms with Crippen molar-refractivity contribution in [3.8, 4) is 0 Å². The second-order valence-corrected chi connectivity index (χ2v) is 5.21. The molecular weight excluding hydrogens is 297 g/mol. The number of rotatable bonds is 4. The third-order valence-electron chi connectivity index (χ3n) is 3.65. The van der Waals surface area contributed by atoms with E-state index in [1.165, 1.54) is 12.3 Å². The molecule has 6 nitrogen and oxygen atoms in total. The first kappa shape index (κ1) is 15.0. The van der Waals surface area contributed by atoms with Crippen LogP contribution in [0.3, 0.4) is 0 Å². The van der Waals surface area contributed by atoms with Crippen molar-refractivity contribution in [2.24, 2.45) is 7.05 Å². The number of aryl methyl sites for hydroxylation is 1. The smallest absolute Gasteiger partial charge is 0.260 e. The quantitative estimate of drug-likeness (QED) is 0.804. The Bertz CT molecular complexity index is 852. The van der Waals surface area contributed by atoms with E-state index in [2.05, 4.69) is 15.5 Å². The van der Waals surface area contributed by atoms with E-state index in [0.717, 1.165) is 5.69 Å². The maximum atomic E-state index is 13.6. The molecule has 118 valence electrons. The fraction of sp³-hybridized carbons (Fsp3) is 0.188. The number of aromatic nitrogens is 4. The Morgan fingerprint density at radius 2 is 2.09 bits per heavy atom. The average Bonchev–Trinajstić information content (AvgIpc) is 3.09. The Hall–Kier alpha value is -2.96. The lowest BCUT2D eigenvalue weighted by Gasteiger charge is -2.04. The van der Waals surface area contributed by atoms with Gasteiger partial charge in [0.2, 0.25) is 0 Å². The number of carbonyl (C=O) groups excluding carboxylic acids is 1. The molecule has 0 aliphatic heterocycles. The number of nitrogens with zero attached hydrogens (tertiary/aromatic N) is 4. The molecule has 7 heteroatoms. The van der Waals surface area contributed by atoms with Gasteiger partial charge in [0.25, 0.3) is 5.91 Å². The fourth-order valence-electron chi connectivity index (χ4n) is 2.22. The summed E-state index contributed by atoms with van der Waals surface area (Å²) in [4.78, 5) is 12.2. The molecule has 0 unspecified atom stereocenters. The first-order chi connectivity index (χ1) is 11.0. The van der Waals surface area contributed by atoms with Crippen LogP contribution in [0.15, 0.2) is 42.7 Å². The molecule has 1 aromatic carbocycles. The summed E-state index contributed by atoms with van der Waals surface area (Å²) >= 11 is 0. The lowest BCUT2D eigenvalue weighted by atomic mass is 10.2. The summed E-state index contributed by atoms with van der Waals surface area (Å²) in [5.41, 5.74) is 1.81. The van der Waals surface area contributed by atoms with Crippen LogP contribution in [0.2, 0.25) is 0 Å². The van der Waals surface area contributed by atoms with Crippen LogP contribution < -0.4 is 5.32 Å². The highest BCUT2D eigenvalue weighted by Crippen LogP contribution is 2.12. The van der Waals surface area contributed by atoms with Gasteiger partial charge in [0.05, 0.1) is 18.3 Å². The van der Waals surface area contributed by atoms with Crippen LogP contribution in [0, 0.1) is 12.7 Å². The second kappa shape index (κ2) is 6.04. The van der Waals surface area contributed by atoms with Gasteiger partial charge in [0.1, 0.15) is 5.82 Å². The topological polar surface area (TPSA) is 64.7 Å². The molecule has 0 aliphatic rings. The summed E-state index contributed by atoms with van der Waals surface area (Å²) in [7, 11) is 1.77. The standard InChI is InChI=1S/C16H16FN5O/c1-11-13(9-18-21(11)2)16(23)19-15-7-8-22(20-15)10-12-5-3-4-6-14(12)17/h3-9H,10H2,1-2H3,(H,19,20,23). The third-order valence-corrected chi connectivity index (χ3v) is 3.65. The van der Waals surface area contributed by atoms with Crippen molar-refractivity contribution in [3.63, 3.8) is 0 Å². The zero-order valence-electron chi connectivity index (χ0n) is 12.8. The van der Waals surface area contributed by atoms with Crippen LogP contribution in [-0.2, 0) is 13.6 Å². The van der Waals surface area contributed by atoms with Gasteiger partial charge < -0.3 is 5.32 Å². The molecule has 0 bridgehead atoms. The minimum atomic E-state index is -0.278. The van der Waals surface area contributed by atoms with Gasteiger partial charge in [-0.2, -0.15) is 10.2 Å². The molecule has 2 aromatic heterocycles. The van der Waals surface area contributed by atoms with Crippen molar-refractivity contribution in [2.75, 3.05) is 5.32 Å². The SMILES string of the molecule is Cc1c(C(=O)Nc2ccn(Cc3ccccc3F)n2)cnn1C. The first-order valence-corrected chi connectivity index (χ1v) is 7.11. The van der Waals surface area contributed by atoms with Crippen molar-refractivity contribution in [2.45, 2.75) is 13.5 Å². The van der Waals surface area contributed by atoms with Crippen molar-refractivity contribution < 1.29 is 9.18 Å². The maximum Gasteiger partial charge on any atom is 0.260 e. The minimum Gasteiger partial charge on any atom is -0.305 e. The van der Waals surface area contributed by atoms with Crippen LogP contribution in [0.4, 0.5) is 10.2 Å². The molecule has 3 aromatic rings. The van der Waals surface area contributed by atoms with E-state index in [4.69, 9.17) is 0 Å². The van der Waals surface area contributed by atoms with Gasteiger partial charge in [0.15, 0.2) is 5.82 Å². The van der Waals surface area contributed by atoms with E-state index in [9.17, 15) is 9.18 Å². The van der Waals surface area contributed by atoms with Crippen LogP contribution in [0.5, 0.6) is 0 Å². The number of amides is 1. The minimum absolute atomic E-state index is 0.272. The van der Waals surface area contributed by atoms with Crippen molar-refractivity contribution in [1.29, 1.82) is 0 Å². The molecule has 1 N–H and O–H groups in total. The van der Waals surface area contributed by atoms with Crippen molar-refractivity contribution in [3.05, 3.63) is 65.4 Å². The highest BCUT2D eigenvalue weighted by Gasteiger charge is 2.14. The Kier molecular flexibility index (Phi) is 3.92. The van der Waals surface area contributed by atoms with Gasteiger partial charge in [0, 0.05) is 30.6 Å². The molecule has 3 rings (SSSR count). The largest absolute Gasteiger partial charge is 0.305 e. The highest BCUT2D eigenvalue weighted by molar-refractivity contribution is 6.04. The second-order valence-electron chi connectivity index (χ2n) is 5.21. The zero-order valence-corrected chi connectivity index (χ0v) is 12.8. The molecule has 0 fully saturated rings. The van der Waals surface area contributed by atoms with E-state index in [-0.39, 0.29) is 11.7 Å². The van der Waals surface area contributed by atoms with Gasteiger partial charge in [-0.1, -0.05) is 18.2 Å². The zero-order chi connectivity index (χ0) is 16.4. The summed E-state index contributed by atoms with van der Waals surface area (Å²) in [6.45, 7) is 2.12. The average molecular weight is 313 g/mol. The number of anilines is 1. The Balaban J connectivity index is 1.71. The number of halogens is 1. The Morgan fingerprint density at radius 3 is 2.78 bits per heavy atom. The van der Waals surface area contributed by atoms with E-state index < -0.39 is 0 Å². The molecule has 0 spiro atoms. The molecule has 0 radical (unpaired) electrons. The van der Waals surface area contributed by atoms with Crippen LogP contribution >= 0.6 is 0 Å². The molecule has 0 saturated carbocycles. The fourth-order valence-corrected chi connectivity index (χ4v) is 2.22. The summed E-state index contributed by atoms with van der Waals surface area (Å²) in [5.74, 6) is -0.138. The van der Waals surface area contributed by atoms with E-state index in [1.54, 1.807) is 46.9 Å². The molecule has 1 amide bonds.